The second-order valence-electron chi connectivity index (χ2n) is 4.69. The maximum atomic E-state index is 13.4. The topological polar surface area (TPSA) is 46.3 Å². The average Bonchev–Trinajstić information content (AvgIpc) is 2.45. The Balaban J connectivity index is 2.47. The first-order valence-electron chi connectivity index (χ1n) is 6.57. The molecule has 0 aromatic heterocycles. The summed E-state index contributed by atoms with van der Waals surface area (Å²) in [6.45, 7) is 4.35. The fourth-order valence-electron chi connectivity index (χ4n) is 2.16. The first kappa shape index (κ1) is 15.5. The van der Waals surface area contributed by atoms with E-state index in [1.807, 2.05) is 38.1 Å². The Morgan fingerprint density at radius 3 is 2.62 bits per heavy atom. The molecule has 0 spiro atoms. The number of benzene rings is 2. The first-order chi connectivity index (χ1) is 9.95. The number of hydrogen-bond donors (Lipinski definition) is 1. The van der Waals surface area contributed by atoms with Gasteiger partial charge in [-0.25, -0.2) is 4.39 Å². The molecular weight excluding hydrogens is 335 g/mol. The summed E-state index contributed by atoms with van der Waals surface area (Å²) < 4.78 is 13.8. The van der Waals surface area contributed by atoms with E-state index < -0.39 is 5.82 Å². The van der Waals surface area contributed by atoms with Crippen LogP contribution in [0.3, 0.4) is 0 Å². The maximum Gasteiger partial charge on any atom is 0.259 e. The van der Waals surface area contributed by atoms with Crippen molar-refractivity contribution in [1.29, 1.82) is 0 Å². The van der Waals surface area contributed by atoms with Crippen LogP contribution in [0.1, 0.15) is 22.8 Å². The van der Waals surface area contributed by atoms with Gasteiger partial charge < -0.3 is 10.6 Å². The number of rotatable bonds is 3. The standard InChI is InChI=1S/C16H16BrFN2O/c1-3-20(15-7-5-4-6-10(15)2)16(21)11-8-14(19)13(18)9-12(11)17/h4-9H,3,19H2,1-2H3. The van der Waals surface area contributed by atoms with Crippen molar-refractivity contribution in [3.63, 3.8) is 0 Å². The van der Waals surface area contributed by atoms with E-state index in [1.165, 1.54) is 12.1 Å². The third-order valence-electron chi connectivity index (χ3n) is 3.28. The number of amides is 1. The molecule has 2 aromatic carbocycles. The first-order valence-corrected chi connectivity index (χ1v) is 7.37. The molecule has 21 heavy (non-hydrogen) atoms. The largest absolute Gasteiger partial charge is 0.396 e. The molecule has 0 atom stereocenters. The van der Waals surface area contributed by atoms with E-state index in [1.54, 1.807) is 4.90 Å². The average molecular weight is 351 g/mol. The van der Waals surface area contributed by atoms with Crippen LogP contribution in [0.25, 0.3) is 0 Å². The number of carbonyl (C=O) groups excluding carboxylic acids is 1. The number of nitrogen functional groups attached to an aromatic ring is 1. The number of anilines is 2. The summed E-state index contributed by atoms with van der Waals surface area (Å²) in [5.41, 5.74) is 7.71. The van der Waals surface area contributed by atoms with Crippen LogP contribution < -0.4 is 10.6 Å². The molecule has 0 bridgehead atoms. The molecule has 2 aromatic rings. The van der Waals surface area contributed by atoms with E-state index in [0.29, 0.717) is 16.6 Å². The number of nitrogens with zero attached hydrogens (tertiary/aromatic N) is 1. The Morgan fingerprint density at radius 2 is 2.00 bits per heavy atom. The number of para-hydroxylation sites is 1. The minimum atomic E-state index is -0.544. The summed E-state index contributed by atoms with van der Waals surface area (Å²) in [5.74, 6) is -0.761. The fourth-order valence-corrected chi connectivity index (χ4v) is 2.65. The van der Waals surface area contributed by atoms with Crippen molar-refractivity contribution in [2.24, 2.45) is 0 Å². The van der Waals surface area contributed by atoms with E-state index in [9.17, 15) is 9.18 Å². The number of hydrogen-bond acceptors (Lipinski definition) is 2. The minimum Gasteiger partial charge on any atom is -0.396 e. The van der Waals surface area contributed by atoms with E-state index in [2.05, 4.69) is 15.9 Å². The summed E-state index contributed by atoms with van der Waals surface area (Å²) in [4.78, 5) is 14.4. The minimum absolute atomic E-state index is 0.0395. The second-order valence-corrected chi connectivity index (χ2v) is 5.54. The van der Waals surface area contributed by atoms with Crippen molar-refractivity contribution in [2.75, 3.05) is 17.2 Å². The normalized spacial score (nSPS) is 10.5. The van der Waals surface area contributed by atoms with Crippen LogP contribution in [0.5, 0.6) is 0 Å². The molecule has 0 unspecified atom stereocenters. The summed E-state index contributed by atoms with van der Waals surface area (Å²) in [5, 5.41) is 0. The van der Waals surface area contributed by atoms with Gasteiger partial charge in [0.2, 0.25) is 0 Å². The van der Waals surface area contributed by atoms with Gasteiger partial charge in [-0.2, -0.15) is 0 Å². The Kier molecular flexibility index (Phi) is 4.63. The van der Waals surface area contributed by atoms with Crippen molar-refractivity contribution in [3.8, 4) is 0 Å². The molecule has 0 radical (unpaired) electrons. The Bertz CT molecular complexity index is 688. The van der Waals surface area contributed by atoms with Crippen LogP contribution >= 0.6 is 15.9 Å². The van der Waals surface area contributed by atoms with Crippen LogP contribution in [-0.2, 0) is 0 Å². The van der Waals surface area contributed by atoms with Crippen molar-refractivity contribution in [2.45, 2.75) is 13.8 Å². The Labute approximate surface area is 131 Å². The van der Waals surface area contributed by atoms with E-state index in [4.69, 9.17) is 5.73 Å². The fraction of sp³-hybridized carbons (Fsp3) is 0.188. The summed E-state index contributed by atoms with van der Waals surface area (Å²) in [7, 11) is 0. The van der Waals surface area contributed by atoms with Crippen molar-refractivity contribution in [3.05, 3.63) is 57.8 Å². The molecule has 5 heteroatoms. The highest BCUT2D eigenvalue weighted by Crippen LogP contribution is 2.27. The van der Waals surface area contributed by atoms with Crippen LogP contribution in [0.4, 0.5) is 15.8 Å². The number of carbonyl (C=O) groups is 1. The van der Waals surface area contributed by atoms with Gasteiger partial charge in [-0.15, -0.1) is 0 Å². The summed E-state index contributed by atoms with van der Waals surface area (Å²) >= 11 is 3.23. The molecule has 1 amide bonds. The molecule has 2 N–H and O–H groups in total. The molecule has 0 fully saturated rings. The molecule has 0 saturated carbocycles. The second kappa shape index (κ2) is 6.26. The van der Waals surface area contributed by atoms with Gasteiger partial charge in [0.15, 0.2) is 0 Å². The van der Waals surface area contributed by atoms with E-state index >= 15 is 0 Å². The van der Waals surface area contributed by atoms with Gasteiger partial charge in [0, 0.05) is 16.7 Å². The highest BCUT2D eigenvalue weighted by Gasteiger charge is 2.21. The van der Waals surface area contributed by atoms with Gasteiger partial charge in [0.05, 0.1) is 11.3 Å². The van der Waals surface area contributed by atoms with Crippen LogP contribution in [0.2, 0.25) is 0 Å². The van der Waals surface area contributed by atoms with Crippen LogP contribution in [-0.4, -0.2) is 12.5 Å². The lowest BCUT2D eigenvalue weighted by atomic mass is 10.1. The van der Waals surface area contributed by atoms with E-state index in [0.717, 1.165) is 11.3 Å². The zero-order valence-electron chi connectivity index (χ0n) is 11.9. The molecule has 0 saturated heterocycles. The molecule has 3 nitrogen and oxygen atoms in total. The molecule has 110 valence electrons. The van der Waals surface area contributed by atoms with Gasteiger partial charge >= 0.3 is 0 Å². The molecule has 2 rings (SSSR count). The lowest BCUT2D eigenvalue weighted by Crippen LogP contribution is -2.31. The van der Waals surface area contributed by atoms with Gasteiger partial charge in [-0.3, -0.25) is 4.79 Å². The Morgan fingerprint density at radius 1 is 1.33 bits per heavy atom. The maximum absolute atomic E-state index is 13.4. The van der Waals surface area contributed by atoms with Gasteiger partial charge in [-0.05, 0) is 53.5 Å². The molecule has 0 aliphatic heterocycles. The van der Waals surface area contributed by atoms with Gasteiger partial charge in [-0.1, -0.05) is 18.2 Å². The molecule has 0 heterocycles. The highest BCUT2D eigenvalue weighted by molar-refractivity contribution is 9.10. The van der Waals surface area contributed by atoms with Crippen LogP contribution in [0.15, 0.2) is 40.9 Å². The lowest BCUT2D eigenvalue weighted by molar-refractivity contribution is 0.0987. The number of halogens is 2. The van der Waals surface area contributed by atoms with E-state index in [-0.39, 0.29) is 11.6 Å². The van der Waals surface area contributed by atoms with Crippen LogP contribution in [0, 0.1) is 12.7 Å². The SMILES string of the molecule is CCN(C(=O)c1cc(N)c(F)cc1Br)c1ccccc1C. The highest BCUT2D eigenvalue weighted by atomic mass is 79.9. The summed E-state index contributed by atoms with van der Waals surface area (Å²) in [6.07, 6.45) is 0. The van der Waals surface area contributed by atoms with Gasteiger partial charge in [0.1, 0.15) is 5.82 Å². The van der Waals surface area contributed by atoms with Crippen molar-refractivity contribution >= 4 is 33.2 Å². The van der Waals surface area contributed by atoms with Crippen molar-refractivity contribution in [1.82, 2.24) is 0 Å². The molecule has 0 aliphatic rings. The summed E-state index contributed by atoms with van der Waals surface area (Å²) in [6, 6.07) is 10.2. The Hall–Kier alpha value is -1.88. The van der Waals surface area contributed by atoms with Gasteiger partial charge in [0.25, 0.3) is 5.91 Å². The molecule has 0 aliphatic carbocycles. The number of nitrogens with two attached hydrogens (primary N) is 1. The smallest absolute Gasteiger partial charge is 0.259 e. The molecular formula is C16H16BrFN2O. The monoisotopic (exact) mass is 350 g/mol. The quantitative estimate of drug-likeness (QED) is 0.845. The zero-order valence-corrected chi connectivity index (χ0v) is 13.4. The predicted molar refractivity (Wildman–Crippen MR) is 87.0 cm³/mol. The zero-order chi connectivity index (χ0) is 15.6. The number of aryl methyl sites for hydroxylation is 1. The third kappa shape index (κ3) is 3.08. The predicted octanol–water partition coefficient (Wildman–Crippen LogP) is 4.15. The van der Waals surface area contributed by atoms with Crippen molar-refractivity contribution < 1.29 is 9.18 Å². The third-order valence-corrected chi connectivity index (χ3v) is 3.94. The lowest BCUT2D eigenvalue weighted by Gasteiger charge is -2.23.